The third kappa shape index (κ3) is 3.36. The van der Waals surface area contributed by atoms with Crippen LogP contribution in [0, 0.1) is 0 Å². The Hall–Kier alpha value is -1.58. The van der Waals surface area contributed by atoms with Gasteiger partial charge in [-0.3, -0.25) is 0 Å². The van der Waals surface area contributed by atoms with Crippen LogP contribution in [0.25, 0.3) is 22.3 Å². The van der Waals surface area contributed by atoms with Crippen LogP contribution < -0.4 is 0 Å². The second-order valence-corrected chi connectivity index (χ2v) is 6.61. The Morgan fingerprint density at radius 2 is 0.905 bits per heavy atom. The number of hydrogen-bond acceptors (Lipinski definition) is 1. The molecule has 0 unspecified atom stereocenters. The summed E-state index contributed by atoms with van der Waals surface area (Å²) in [7, 11) is 0. The molecule has 21 heavy (non-hydrogen) atoms. The fraction of sp³-hybridized carbons (Fsp3) is 0. The van der Waals surface area contributed by atoms with E-state index in [-0.39, 0.29) is 5.75 Å². The summed E-state index contributed by atoms with van der Waals surface area (Å²) >= 11 is 6.87. The summed E-state index contributed by atoms with van der Waals surface area (Å²) < 4.78 is 2.08. The average Bonchev–Trinajstić information content (AvgIpc) is 2.48. The van der Waals surface area contributed by atoms with E-state index in [4.69, 9.17) is 0 Å². The molecule has 0 aromatic heterocycles. The lowest BCUT2D eigenvalue weighted by Crippen LogP contribution is -1.82. The SMILES string of the molecule is Oc1cc(-c2ccc(Br)cc2)cc(-c2ccc(Br)cc2)c1. The summed E-state index contributed by atoms with van der Waals surface area (Å²) in [6.07, 6.45) is 0. The van der Waals surface area contributed by atoms with Gasteiger partial charge in [-0.05, 0) is 64.7 Å². The van der Waals surface area contributed by atoms with E-state index in [1.165, 1.54) is 0 Å². The van der Waals surface area contributed by atoms with Crippen molar-refractivity contribution in [2.75, 3.05) is 0 Å². The zero-order chi connectivity index (χ0) is 14.8. The van der Waals surface area contributed by atoms with Gasteiger partial charge in [0, 0.05) is 8.95 Å². The van der Waals surface area contributed by atoms with E-state index in [0.29, 0.717) is 0 Å². The lowest BCUT2D eigenvalue weighted by Gasteiger charge is -2.08. The second-order valence-electron chi connectivity index (χ2n) is 4.78. The van der Waals surface area contributed by atoms with Crippen molar-refractivity contribution in [2.45, 2.75) is 0 Å². The van der Waals surface area contributed by atoms with Crippen LogP contribution in [0.15, 0.2) is 75.7 Å². The molecule has 0 saturated heterocycles. The molecule has 0 aliphatic rings. The maximum Gasteiger partial charge on any atom is 0.116 e. The molecule has 0 heterocycles. The number of phenols is 1. The Kier molecular flexibility index (Phi) is 4.13. The number of benzene rings is 3. The van der Waals surface area contributed by atoms with Gasteiger partial charge in [-0.15, -0.1) is 0 Å². The van der Waals surface area contributed by atoms with E-state index < -0.39 is 0 Å². The van der Waals surface area contributed by atoms with Crippen molar-refractivity contribution in [1.82, 2.24) is 0 Å². The molecule has 3 rings (SSSR count). The zero-order valence-electron chi connectivity index (χ0n) is 11.1. The molecule has 1 nitrogen and oxygen atoms in total. The van der Waals surface area contributed by atoms with Crippen LogP contribution in [0.4, 0.5) is 0 Å². The predicted molar refractivity (Wildman–Crippen MR) is 94.4 cm³/mol. The molecular weight excluding hydrogens is 392 g/mol. The molecule has 3 aromatic carbocycles. The van der Waals surface area contributed by atoms with E-state index >= 15 is 0 Å². The Labute approximate surface area is 140 Å². The molecule has 3 heteroatoms. The van der Waals surface area contributed by atoms with Crippen molar-refractivity contribution in [1.29, 1.82) is 0 Å². The summed E-state index contributed by atoms with van der Waals surface area (Å²) in [5, 5.41) is 10.0. The molecule has 0 spiro atoms. The van der Waals surface area contributed by atoms with E-state index in [0.717, 1.165) is 31.2 Å². The van der Waals surface area contributed by atoms with Gasteiger partial charge in [0.1, 0.15) is 5.75 Å². The first-order chi connectivity index (χ1) is 10.1. The molecule has 0 amide bonds. The highest BCUT2D eigenvalue weighted by atomic mass is 79.9. The highest BCUT2D eigenvalue weighted by Crippen LogP contribution is 2.32. The van der Waals surface area contributed by atoms with Crippen LogP contribution in [-0.4, -0.2) is 5.11 Å². The Balaban J connectivity index is 2.07. The monoisotopic (exact) mass is 402 g/mol. The van der Waals surface area contributed by atoms with E-state index in [2.05, 4.69) is 37.9 Å². The van der Waals surface area contributed by atoms with Crippen molar-refractivity contribution in [3.05, 3.63) is 75.7 Å². The highest BCUT2D eigenvalue weighted by molar-refractivity contribution is 9.10. The number of hydrogen-bond donors (Lipinski definition) is 1. The third-order valence-corrected chi connectivity index (χ3v) is 4.33. The van der Waals surface area contributed by atoms with Gasteiger partial charge in [0.2, 0.25) is 0 Å². The third-order valence-electron chi connectivity index (χ3n) is 3.27. The number of rotatable bonds is 2. The average molecular weight is 404 g/mol. The first kappa shape index (κ1) is 14.4. The summed E-state index contributed by atoms with van der Waals surface area (Å²) in [5.74, 6) is 0.272. The van der Waals surface area contributed by atoms with Crippen LogP contribution >= 0.6 is 31.9 Å². The molecule has 1 N–H and O–H groups in total. The fourth-order valence-corrected chi connectivity index (χ4v) is 2.76. The molecule has 3 aromatic rings. The van der Waals surface area contributed by atoms with Gasteiger partial charge in [-0.2, -0.15) is 0 Å². The predicted octanol–water partition coefficient (Wildman–Crippen LogP) is 6.25. The fourth-order valence-electron chi connectivity index (χ4n) is 2.23. The minimum atomic E-state index is 0.272. The quantitative estimate of drug-likeness (QED) is 0.535. The first-order valence-electron chi connectivity index (χ1n) is 6.48. The molecule has 104 valence electrons. The second kappa shape index (κ2) is 6.04. The van der Waals surface area contributed by atoms with Crippen LogP contribution in [0.5, 0.6) is 5.75 Å². The van der Waals surface area contributed by atoms with Gasteiger partial charge in [-0.25, -0.2) is 0 Å². The van der Waals surface area contributed by atoms with Crippen LogP contribution in [0.3, 0.4) is 0 Å². The van der Waals surface area contributed by atoms with Gasteiger partial charge in [0.25, 0.3) is 0 Å². The lowest BCUT2D eigenvalue weighted by molar-refractivity contribution is 0.476. The standard InChI is InChI=1S/C18H12Br2O/c19-16-5-1-12(2-6-16)14-9-15(11-18(21)10-14)13-3-7-17(20)8-4-13/h1-11,21H. The molecule has 0 fully saturated rings. The highest BCUT2D eigenvalue weighted by Gasteiger charge is 2.05. The molecule has 0 radical (unpaired) electrons. The van der Waals surface area contributed by atoms with Crippen molar-refractivity contribution < 1.29 is 5.11 Å². The van der Waals surface area contributed by atoms with Crippen LogP contribution in [0.1, 0.15) is 0 Å². The van der Waals surface area contributed by atoms with Crippen molar-refractivity contribution in [3.63, 3.8) is 0 Å². The Morgan fingerprint density at radius 1 is 0.524 bits per heavy atom. The van der Waals surface area contributed by atoms with Gasteiger partial charge < -0.3 is 5.11 Å². The number of halogens is 2. The Morgan fingerprint density at radius 3 is 1.29 bits per heavy atom. The minimum absolute atomic E-state index is 0.272. The summed E-state index contributed by atoms with van der Waals surface area (Å²) in [4.78, 5) is 0. The summed E-state index contributed by atoms with van der Waals surface area (Å²) in [6, 6.07) is 21.8. The van der Waals surface area contributed by atoms with Crippen molar-refractivity contribution in [3.8, 4) is 28.0 Å². The number of aromatic hydroxyl groups is 1. The maximum absolute atomic E-state index is 10.0. The number of phenolic OH excluding ortho intramolecular Hbond substituents is 1. The molecule has 0 atom stereocenters. The van der Waals surface area contributed by atoms with Crippen LogP contribution in [-0.2, 0) is 0 Å². The minimum Gasteiger partial charge on any atom is -0.508 e. The van der Waals surface area contributed by atoms with E-state index in [9.17, 15) is 5.11 Å². The lowest BCUT2D eigenvalue weighted by atomic mass is 9.98. The summed E-state index contributed by atoms with van der Waals surface area (Å²) in [6.45, 7) is 0. The summed E-state index contributed by atoms with van der Waals surface area (Å²) in [5.41, 5.74) is 4.15. The van der Waals surface area contributed by atoms with Gasteiger partial charge in [-0.1, -0.05) is 56.1 Å². The largest absolute Gasteiger partial charge is 0.508 e. The molecule has 0 saturated carbocycles. The van der Waals surface area contributed by atoms with Crippen LogP contribution in [0.2, 0.25) is 0 Å². The molecule has 0 bridgehead atoms. The van der Waals surface area contributed by atoms with E-state index in [1.54, 1.807) is 12.1 Å². The van der Waals surface area contributed by atoms with E-state index in [1.807, 2.05) is 48.5 Å². The molecular formula is C18H12Br2O. The molecule has 0 aliphatic heterocycles. The zero-order valence-corrected chi connectivity index (χ0v) is 14.2. The maximum atomic E-state index is 10.0. The van der Waals surface area contributed by atoms with Gasteiger partial charge >= 0.3 is 0 Å². The smallest absolute Gasteiger partial charge is 0.116 e. The van der Waals surface area contributed by atoms with Gasteiger partial charge in [0.15, 0.2) is 0 Å². The van der Waals surface area contributed by atoms with Gasteiger partial charge in [0.05, 0.1) is 0 Å². The normalized spacial score (nSPS) is 10.6. The van der Waals surface area contributed by atoms with Crippen molar-refractivity contribution in [2.24, 2.45) is 0 Å². The molecule has 0 aliphatic carbocycles. The topological polar surface area (TPSA) is 20.2 Å². The Bertz CT molecular complexity index is 698. The van der Waals surface area contributed by atoms with Crippen molar-refractivity contribution >= 4 is 31.9 Å². The first-order valence-corrected chi connectivity index (χ1v) is 8.06.